The Balaban J connectivity index is 1.14. The molecule has 0 unspecified atom stereocenters. The van der Waals surface area contributed by atoms with E-state index in [0.29, 0.717) is 54.8 Å². The minimum absolute atomic E-state index is 0.184. The highest BCUT2D eigenvalue weighted by Crippen LogP contribution is 2.39. The molecule has 5 rings (SSSR count). The molecule has 0 spiro atoms. The maximum atomic E-state index is 13.0. The second-order valence-corrected chi connectivity index (χ2v) is 11.4. The van der Waals surface area contributed by atoms with Crippen LogP contribution >= 0.6 is 0 Å². The van der Waals surface area contributed by atoms with Gasteiger partial charge in [0.15, 0.2) is 0 Å². The third-order valence-electron chi connectivity index (χ3n) is 6.70. The fourth-order valence-electron chi connectivity index (χ4n) is 4.51. The average Bonchev–Trinajstić information content (AvgIpc) is 3.50. The first kappa shape index (κ1) is 31.0. The van der Waals surface area contributed by atoms with Crippen LogP contribution in [0.3, 0.4) is 0 Å². The Morgan fingerprint density at radius 2 is 1.93 bits per heavy atom. The first-order chi connectivity index (χ1) is 21.6. The molecular formula is C32H36N8O5. The van der Waals surface area contributed by atoms with Crippen molar-refractivity contribution in [2.75, 3.05) is 43.2 Å². The molecule has 0 saturated heterocycles. The maximum Gasteiger partial charge on any atom is 0.410 e. The van der Waals surface area contributed by atoms with Crippen LogP contribution in [0.15, 0.2) is 61.1 Å². The molecule has 13 heteroatoms. The number of hydrogen-bond acceptors (Lipinski definition) is 11. The summed E-state index contributed by atoms with van der Waals surface area (Å²) < 4.78 is 16.9. The van der Waals surface area contributed by atoms with Gasteiger partial charge in [0.1, 0.15) is 35.3 Å². The molecule has 1 aliphatic heterocycles. The lowest BCUT2D eigenvalue weighted by molar-refractivity contribution is 0.0278. The molecule has 0 atom stereocenters. The number of aromatic nitrogens is 4. The Kier molecular flexibility index (Phi) is 9.26. The molecule has 1 aliphatic rings. The summed E-state index contributed by atoms with van der Waals surface area (Å²) in [5, 5.41) is 6.19. The van der Waals surface area contributed by atoms with Crippen molar-refractivity contribution < 1.29 is 23.8 Å². The number of fused-ring (bicyclic) bond motifs is 1. The highest BCUT2D eigenvalue weighted by atomic mass is 16.6. The molecule has 0 bridgehead atoms. The molecule has 13 nitrogen and oxygen atoms in total. The molecule has 1 aromatic carbocycles. The number of likely N-dealkylation sites (N-methyl/N-ethyl adjacent to an activating group) is 1. The molecule has 4 heterocycles. The smallest absolute Gasteiger partial charge is 0.410 e. The van der Waals surface area contributed by atoms with Crippen molar-refractivity contribution in [3.05, 3.63) is 77.7 Å². The lowest BCUT2D eigenvalue weighted by Crippen LogP contribution is -2.36. The van der Waals surface area contributed by atoms with E-state index in [4.69, 9.17) is 19.9 Å². The predicted octanol–water partition coefficient (Wildman–Crippen LogP) is 4.56. The summed E-state index contributed by atoms with van der Waals surface area (Å²) in [4.78, 5) is 43.7. The first-order valence-corrected chi connectivity index (χ1v) is 14.5. The number of anilines is 3. The topological polar surface area (TPSA) is 167 Å². The fraction of sp³-hybridized carbons (Fsp3) is 0.312. The quantitative estimate of drug-likeness (QED) is 0.230. The zero-order valence-electron chi connectivity index (χ0n) is 25.7. The number of nitrogen functional groups attached to an aromatic ring is 1. The number of benzene rings is 1. The first-order valence-electron chi connectivity index (χ1n) is 14.5. The van der Waals surface area contributed by atoms with Gasteiger partial charge in [0.2, 0.25) is 5.95 Å². The summed E-state index contributed by atoms with van der Waals surface area (Å²) in [6.45, 7) is 7.05. The number of nitrogens with zero attached hydrogens (tertiary/aromatic N) is 5. The number of nitrogens with two attached hydrogens (primary N) is 1. The number of hydrogen-bond donors (Lipinski definition) is 3. The number of ether oxygens (including phenoxy) is 3. The van der Waals surface area contributed by atoms with E-state index in [2.05, 4.69) is 30.6 Å². The Hall–Kier alpha value is -5.46. The van der Waals surface area contributed by atoms with Gasteiger partial charge in [-0.3, -0.25) is 4.79 Å². The zero-order valence-corrected chi connectivity index (χ0v) is 25.7. The van der Waals surface area contributed by atoms with Crippen LogP contribution in [-0.2, 0) is 17.7 Å². The van der Waals surface area contributed by atoms with Gasteiger partial charge in [0.05, 0.1) is 30.6 Å². The number of amides is 2. The lowest BCUT2D eigenvalue weighted by Gasteiger charge is -2.24. The Morgan fingerprint density at radius 1 is 1.09 bits per heavy atom. The van der Waals surface area contributed by atoms with Crippen LogP contribution in [0.5, 0.6) is 11.5 Å². The monoisotopic (exact) mass is 612 g/mol. The third kappa shape index (κ3) is 8.13. The molecular weight excluding hydrogens is 576 g/mol. The van der Waals surface area contributed by atoms with Crippen molar-refractivity contribution in [2.45, 2.75) is 39.3 Å². The van der Waals surface area contributed by atoms with Crippen LogP contribution in [-0.4, -0.2) is 69.2 Å². The maximum absolute atomic E-state index is 13.0. The van der Waals surface area contributed by atoms with Gasteiger partial charge in [-0.15, -0.1) is 0 Å². The number of carbonyl (C=O) groups excluding carboxylic acids is 2. The summed E-state index contributed by atoms with van der Waals surface area (Å²) in [5.41, 5.74) is 8.97. The summed E-state index contributed by atoms with van der Waals surface area (Å²) >= 11 is 0. The summed E-state index contributed by atoms with van der Waals surface area (Å²) in [6.07, 6.45) is 5.12. The molecule has 0 saturated carbocycles. The number of nitrogens with one attached hydrogen (secondary N) is 2. The largest absolute Gasteiger partial charge is 0.492 e. The van der Waals surface area contributed by atoms with Gasteiger partial charge in [0, 0.05) is 43.5 Å². The third-order valence-corrected chi connectivity index (χ3v) is 6.70. The number of pyridine rings is 2. The Morgan fingerprint density at radius 3 is 2.69 bits per heavy atom. The van der Waals surface area contributed by atoms with E-state index >= 15 is 0 Å². The second-order valence-electron chi connectivity index (χ2n) is 11.4. The van der Waals surface area contributed by atoms with Crippen LogP contribution in [0.2, 0.25) is 0 Å². The van der Waals surface area contributed by atoms with Gasteiger partial charge >= 0.3 is 6.09 Å². The predicted molar refractivity (Wildman–Crippen MR) is 169 cm³/mol. The van der Waals surface area contributed by atoms with E-state index in [0.717, 1.165) is 22.4 Å². The van der Waals surface area contributed by atoms with Gasteiger partial charge in [-0.05, 0) is 56.7 Å². The van der Waals surface area contributed by atoms with Crippen LogP contribution in [0.1, 0.15) is 42.3 Å². The Bertz CT molecular complexity index is 1670. The van der Waals surface area contributed by atoms with E-state index in [1.54, 1.807) is 43.7 Å². The van der Waals surface area contributed by atoms with Gasteiger partial charge < -0.3 is 35.5 Å². The molecule has 3 aromatic heterocycles. The molecule has 45 heavy (non-hydrogen) atoms. The van der Waals surface area contributed by atoms with E-state index in [-0.39, 0.29) is 18.5 Å². The molecule has 0 radical (unpaired) electrons. The zero-order chi connectivity index (χ0) is 32.0. The van der Waals surface area contributed by atoms with Crippen molar-refractivity contribution in [1.29, 1.82) is 0 Å². The molecule has 2 amide bonds. The van der Waals surface area contributed by atoms with Gasteiger partial charge in [-0.1, -0.05) is 12.1 Å². The summed E-state index contributed by atoms with van der Waals surface area (Å²) in [6, 6.07) is 12.4. The van der Waals surface area contributed by atoms with Crippen LogP contribution in [0.25, 0.3) is 11.3 Å². The van der Waals surface area contributed by atoms with Crippen molar-refractivity contribution in [1.82, 2.24) is 24.8 Å². The van der Waals surface area contributed by atoms with E-state index in [9.17, 15) is 9.59 Å². The standard InChI is InChI=1S/C32H36N8O5/c1-32(2,3)45-31(42)40(4)13-15-43-22-8-9-26(35-18-22)39-29(41)21-7-5-6-20(16-21)17-36-28-23-11-14-44-27(23)24(19-37-28)25-10-12-34-30(33)38-25/h5-10,12,16,18-19H,11,13-15,17H2,1-4H3,(H,36,37)(H2,33,34,38)(H,35,39,41). The highest BCUT2D eigenvalue weighted by molar-refractivity contribution is 6.03. The molecule has 4 aromatic rings. The average molecular weight is 613 g/mol. The van der Waals surface area contributed by atoms with E-state index < -0.39 is 11.7 Å². The summed E-state index contributed by atoms with van der Waals surface area (Å²) in [5.74, 6) is 2.23. The fourth-order valence-corrected chi connectivity index (χ4v) is 4.51. The number of carbonyl (C=O) groups is 2. The molecule has 0 aliphatic carbocycles. The second kappa shape index (κ2) is 13.5. The number of rotatable bonds is 10. The van der Waals surface area contributed by atoms with Gasteiger partial charge in [0.25, 0.3) is 5.91 Å². The van der Waals surface area contributed by atoms with Crippen molar-refractivity contribution in [2.24, 2.45) is 0 Å². The molecule has 234 valence electrons. The Labute approximate surface area is 261 Å². The van der Waals surface area contributed by atoms with Crippen molar-refractivity contribution >= 4 is 29.6 Å². The van der Waals surface area contributed by atoms with Crippen LogP contribution < -0.4 is 25.8 Å². The van der Waals surface area contributed by atoms with Crippen LogP contribution in [0, 0.1) is 0 Å². The van der Waals surface area contributed by atoms with Crippen LogP contribution in [0.4, 0.5) is 22.4 Å². The molecule has 0 fully saturated rings. The lowest BCUT2D eigenvalue weighted by atomic mass is 10.1. The van der Waals surface area contributed by atoms with Crippen molar-refractivity contribution in [3.8, 4) is 22.8 Å². The van der Waals surface area contributed by atoms with Crippen molar-refractivity contribution in [3.63, 3.8) is 0 Å². The van der Waals surface area contributed by atoms with Gasteiger partial charge in [-0.25, -0.2) is 24.7 Å². The normalized spacial score (nSPS) is 12.1. The summed E-state index contributed by atoms with van der Waals surface area (Å²) in [7, 11) is 1.65. The van der Waals surface area contributed by atoms with E-state index in [1.165, 1.54) is 11.1 Å². The van der Waals surface area contributed by atoms with Gasteiger partial charge in [-0.2, -0.15) is 0 Å². The SMILES string of the molecule is CN(CCOc1ccc(NC(=O)c2cccc(CNc3ncc(-c4ccnc(N)n4)c4c3CCO4)c2)nc1)C(=O)OC(C)(C)C. The highest BCUT2D eigenvalue weighted by Gasteiger charge is 2.23. The van der Waals surface area contributed by atoms with E-state index in [1.807, 2.05) is 39.0 Å². The minimum Gasteiger partial charge on any atom is -0.492 e. The minimum atomic E-state index is -0.564. The molecule has 4 N–H and O–H groups in total.